The Labute approximate surface area is 105 Å². The molecule has 0 unspecified atom stereocenters. The first-order chi connectivity index (χ1) is 8.47. The van der Waals surface area contributed by atoms with Crippen molar-refractivity contribution in [2.75, 3.05) is 11.1 Å². The van der Waals surface area contributed by atoms with Gasteiger partial charge in [0.2, 0.25) is 5.95 Å². The number of rotatable bonds is 2. The summed E-state index contributed by atoms with van der Waals surface area (Å²) in [6.45, 7) is 0. The maximum atomic E-state index is 13.4. The Bertz CT molecular complexity index is 606. The molecule has 0 aliphatic carbocycles. The largest absolute Gasteiger partial charge is 0.368 e. The number of hydrogen-bond donors (Lipinski definition) is 2. The van der Waals surface area contributed by atoms with Crippen molar-refractivity contribution in [1.29, 1.82) is 0 Å². The number of nitrogens with zero attached hydrogens (tertiary/aromatic N) is 2. The molecule has 0 amide bonds. The Balaban J connectivity index is 2.43. The molecule has 4 nitrogen and oxygen atoms in total. The lowest BCUT2D eigenvalue weighted by atomic mass is 10.3. The summed E-state index contributed by atoms with van der Waals surface area (Å²) in [7, 11) is 0. The summed E-state index contributed by atoms with van der Waals surface area (Å²) in [5.74, 6) is -3.66. The lowest BCUT2D eigenvalue weighted by Gasteiger charge is -2.09. The van der Waals surface area contributed by atoms with Gasteiger partial charge < -0.3 is 11.1 Å². The van der Waals surface area contributed by atoms with Crippen LogP contribution in [0.1, 0.15) is 0 Å². The molecule has 0 fully saturated rings. The summed E-state index contributed by atoms with van der Waals surface area (Å²) in [4.78, 5) is 7.27. The molecule has 0 radical (unpaired) electrons. The van der Waals surface area contributed by atoms with Gasteiger partial charge in [-0.15, -0.1) is 0 Å². The van der Waals surface area contributed by atoms with Gasteiger partial charge in [0.1, 0.15) is 10.8 Å². The van der Waals surface area contributed by atoms with E-state index in [2.05, 4.69) is 15.3 Å². The van der Waals surface area contributed by atoms with Gasteiger partial charge in [0.05, 0.1) is 11.9 Å². The van der Waals surface area contributed by atoms with Crippen LogP contribution < -0.4 is 11.1 Å². The number of benzene rings is 1. The van der Waals surface area contributed by atoms with Gasteiger partial charge in [-0.3, -0.25) is 0 Å². The Kier molecular flexibility index (Phi) is 3.24. The van der Waals surface area contributed by atoms with Crippen molar-refractivity contribution in [3.8, 4) is 0 Å². The number of anilines is 3. The molecule has 18 heavy (non-hydrogen) atoms. The van der Waals surface area contributed by atoms with Crippen LogP contribution in [0.15, 0.2) is 18.3 Å². The minimum atomic E-state index is -1.32. The Morgan fingerprint density at radius 2 is 1.94 bits per heavy atom. The summed E-state index contributed by atoms with van der Waals surface area (Å²) in [6, 6.07) is 1.20. The van der Waals surface area contributed by atoms with Crippen LogP contribution in [0.5, 0.6) is 0 Å². The number of nitrogens with two attached hydrogens (primary N) is 1. The highest BCUT2D eigenvalue weighted by atomic mass is 35.5. The highest BCUT2D eigenvalue weighted by Crippen LogP contribution is 2.26. The molecule has 0 bridgehead atoms. The highest BCUT2D eigenvalue weighted by molar-refractivity contribution is 6.32. The van der Waals surface area contributed by atoms with E-state index in [-0.39, 0.29) is 16.8 Å². The summed E-state index contributed by atoms with van der Waals surface area (Å²) in [6.07, 6.45) is 1.18. The lowest BCUT2D eigenvalue weighted by Crippen LogP contribution is -2.03. The first-order valence-electron chi connectivity index (χ1n) is 4.67. The average Bonchev–Trinajstić information content (AvgIpc) is 2.30. The fourth-order valence-electron chi connectivity index (χ4n) is 1.24. The Morgan fingerprint density at radius 3 is 2.67 bits per heavy atom. The highest BCUT2D eigenvalue weighted by Gasteiger charge is 2.13. The van der Waals surface area contributed by atoms with Crippen LogP contribution in [0.4, 0.5) is 30.6 Å². The number of halogens is 4. The van der Waals surface area contributed by atoms with Crippen LogP contribution in [0.25, 0.3) is 0 Å². The minimum absolute atomic E-state index is 0.0354. The molecule has 0 spiro atoms. The van der Waals surface area contributed by atoms with Crippen molar-refractivity contribution in [3.63, 3.8) is 0 Å². The van der Waals surface area contributed by atoms with Crippen LogP contribution in [-0.2, 0) is 0 Å². The summed E-state index contributed by atoms with van der Waals surface area (Å²) < 4.78 is 39.3. The zero-order valence-corrected chi connectivity index (χ0v) is 9.47. The van der Waals surface area contributed by atoms with E-state index in [0.717, 1.165) is 6.07 Å². The third-order valence-electron chi connectivity index (χ3n) is 2.01. The van der Waals surface area contributed by atoms with Crippen molar-refractivity contribution in [2.24, 2.45) is 0 Å². The zero-order valence-electron chi connectivity index (χ0n) is 8.72. The quantitative estimate of drug-likeness (QED) is 0.827. The van der Waals surface area contributed by atoms with E-state index >= 15 is 0 Å². The molecule has 1 aromatic carbocycles. The molecule has 8 heteroatoms. The van der Waals surface area contributed by atoms with E-state index in [1.165, 1.54) is 6.20 Å². The van der Waals surface area contributed by atoms with Gasteiger partial charge in [-0.1, -0.05) is 11.6 Å². The van der Waals surface area contributed by atoms with Crippen LogP contribution in [0.3, 0.4) is 0 Å². The molecule has 1 heterocycles. The van der Waals surface area contributed by atoms with Gasteiger partial charge in [-0.2, -0.15) is 4.98 Å². The van der Waals surface area contributed by atoms with E-state index in [0.29, 0.717) is 6.07 Å². The van der Waals surface area contributed by atoms with Crippen LogP contribution >= 0.6 is 11.6 Å². The first kappa shape index (κ1) is 12.4. The van der Waals surface area contributed by atoms with Gasteiger partial charge in [0.25, 0.3) is 0 Å². The predicted octanol–water partition coefficient (Wildman–Crippen LogP) is 2.87. The van der Waals surface area contributed by atoms with Crippen molar-refractivity contribution >= 4 is 29.1 Å². The average molecular weight is 275 g/mol. The molecule has 2 rings (SSSR count). The van der Waals surface area contributed by atoms with Crippen molar-refractivity contribution in [2.45, 2.75) is 0 Å². The van der Waals surface area contributed by atoms with Crippen molar-refractivity contribution < 1.29 is 13.2 Å². The molecule has 1 aromatic heterocycles. The standard InChI is InChI=1S/C10H6ClF3N4/c11-5-3-16-10(15)18-9(5)17-7-2-4(12)1-6(13)8(7)14/h1-3H,(H3,15,16,17,18). The predicted molar refractivity (Wildman–Crippen MR) is 61.1 cm³/mol. The molecule has 2 aromatic rings. The number of nitrogen functional groups attached to an aromatic ring is 1. The van der Waals surface area contributed by atoms with Gasteiger partial charge in [0, 0.05) is 12.1 Å². The summed E-state index contributed by atoms with van der Waals surface area (Å²) in [5.41, 5.74) is 4.88. The van der Waals surface area contributed by atoms with Gasteiger partial charge >= 0.3 is 0 Å². The zero-order chi connectivity index (χ0) is 13.3. The van der Waals surface area contributed by atoms with Crippen molar-refractivity contribution in [3.05, 3.63) is 40.8 Å². The molecule has 0 aliphatic heterocycles. The summed E-state index contributed by atoms with van der Waals surface area (Å²) >= 11 is 5.73. The second-order valence-electron chi connectivity index (χ2n) is 3.30. The lowest BCUT2D eigenvalue weighted by molar-refractivity contribution is 0.498. The maximum absolute atomic E-state index is 13.4. The molecule has 0 saturated carbocycles. The van der Waals surface area contributed by atoms with Crippen molar-refractivity contribution in [1.82, 2.24) is 9.97 Å². The molecule has 0 aliphatic rings. The molecular weight excluding hydrogens is 269 g/mol. The van der Waals surface area contributed by atoms with Crippen LogP contribution in [0.2, 0.25) is 5.02 Å². The topological polar surface area (TPSA) is 63.8 Å². The molecular formula is C10H6ClF3N4. The van der Waals surface area contributed by atoms with Gasteiger partial charge in [-0.25, -0.2) is 18.2 Å². The second kappa shape index (κ2) is 4.69. The first-order valence-corrected chi connectivity index (χ1v) is 5.04. The van der Waals surface area contributed by atoms with Crippen LogP contribution in [-0.4, -0.2) is 9.97 Å². The fraction of sp³-hybridized carbons (Fsp3) is 0. The molecule has 0 atom stereocenters. The van der Waals surface area contributed by atoms with E-state index in [4.69, 9.17) is 17.3 Å². The normalized spacial score (nSPS) is 10.4. The summed E-state index contributed by atoms with van der Waals surface area (Å²) in [5, 5.41) is 2.38. The molecule has 94 valence electrons. The minimum Gasteiger partial charge on any atom is -0.368 e. The maximum Gasteiger partial charge on any atom is 0.222 e. The third kappa shape index (κ3) is 2.45. The van der Waals surface area contributed by atoms with E-state index in [1.54, 1.807) is 0 Å². The molecule has 3 N–H and O–H groups in total. The number of hydrogen-bond acceptors (Lipinski definition) is 4. The number of aromatic nitrogens is 2. The Hall–Kier alpha value is -2.02. The molecule has 0 saturated heterocycles. The monoisotopic (exact) mass is 274 g/mol. The number of nitrogens with one attached hydrogen (secondary N) is 1. The Morgan fingerprint density at radius 1 is 1.22 bits per heavy atom. The van der Waals surface area contributed by atoms with Gasteiger partial charge in [0.15, 0.2) is 17.5 Å². The van der Waals surface area contributed by atoms with E-state index in [1.807, 2.05) is 0 Å². The van der Waals surface area contributed by atoms with Gasteiger partial charge in [-0.05, 0) is 0 Å². The SMILES string of the molecule is Nc1ncc(Cl)c(Nc2cc(F)cc(F)c2F)n1. The van der Waals surface area contributed by atoms with E-state index in [9.17, 15) is 13.2 Å². The third-order valence-corrected chi connectivity index (χ3v) is 2.29. The fourth-order valence-corrected chi connectivity index (χ4v) is 1.38. The smallest absolute Gasteiger partial charge is 0.222 e. The second-order valence-corrected chi connectivity index (χ2v) is 3.71. The van der Waals surface area contributed by atoms with Crippen LogP contribution in [0, 0.1) is 17.5 Å². The van der Waals surface area contributed by atoms with E-state index < -0.39 is 23.1 Å².